The highest BCUT2D eigenvalue weighted by Crippen LogP contribution is 2.68. The molecular weight excluding hydrogens is 702 g/mol. The van der Waals surface area contributed by atoms with Crippen LogP contribution in [0.4, 0.5) is 5.69 Å². The van der Waals surface area contributed by atoms with Gasteiger partial charge in [0.25, 0.3) is 0 Å². The summed E-state index contributed by atoms with van der Waals surface area (Å²) in [5.41, 5.74) is -0.246. The number of aromatic nitrogens is 2. The number of hydrogen-bond acceptors (Lipinski definition) is 11. The Bertz CT molecular complexity index is 1760. The monoisotopic (exact) mass is 765 g/mol. The zero-order chi connectivity index (χ0) is 40.1. The maximum absolute atomic E-state index is 14.0. The van der Waals surface area contributed by atoms with Crippen molar-refractivity contribution in [1.82, 2.24) is 10.3 Å². The fraction of sp³-hybridized carbons (Fsp3) is 0.791. The summed E-state index contributed by atoms with van der Waals surface area (Å²) in [6, 6.07) is 2.86. The molecule has 1 heterocycles. The summed E-state index contributed by atoms with van der Waals surface area (Å²) in [7, 11) is 0. The molecule has 4 fully saturated rings. The molecule has 55 heavy (non-hydrogen) atoms. The van der Waals surface area contributed by atoms with Gasteiger partial charge < -0.3 is 14.2 Å². The van der Waals surface area contributed by atoms with E-state index >= 15 is 0 Å². The third-order valence-electron chi connectivity index (χ3n) is 14.2. The number of rotatable bonds is 11. The van der Waals surface area contributed by atoms with Crippen molar-refractivity contribution >= 4 is 34.6 Å². The van der Waals surface area contributed by atoms with E-state index in [-0.39, 0.29) is 47.1 Å². The zero-order valence-corrected chi connectivity index (χ0v) is 34.5. The standard InChI is InChI=1S/C43H63N3O9/c1-25(10-17-35(47)53-40(2,3)4)31-14-15-32-30-13-12-28-24-29(18-20-42(28,8)33(30)19-21-43(31,32)9)52-39(49)27(23-36(48)54-41(5,6)7)22-26-11-16-34(46(50)51)38-37(26)44-55-45-38/h11,16,25,27-33H,10,12-15,17-24H2,1-9H3/t25-,27+,28-,29+,30+,31?,32+,33+,42+,43-/m1/s1. The van der Waals surface area contributed by atoms with Gasteiger partial charge in [-0.25, -0.2) is 4.63 Å². The smallest absolute Gasteiger partial charge is 0.310 e. The number of carbonyl (C=O) groups excluding carboxylic acids is 3. The van der Waals surface area contributed by atoms with Crippen molar-refractivity contribution in [2.45, 2.75) is 163 Å². The highest BCUT2D eigenvalue weighted by atomic mass is 16.6. The van der Waals surface area contributed by atoms with Crippen LogP contribution in [0.2, 0.25) is 0 Å². The molecule has 1 unspecified atom stereocenters. The van der Waals surface area contributed by atoms with E-state index in [1.165, 1.54) is 44.2 Å². The van der Waals surface area contributed by atoms with Crippen molar-refractivity contribution in [3.63, 3.8) is 0 Å². The second-order valence-electron chi connectivity index (χ2n) is 20.0. The molecule has 1 aromatic heterocycles. The second-order valence-corrected chi connectivity index (χ2v) is 20.0. The number of nitro groups is 1. The van der Waals surface area contributed by atoms with Crippen LogP contribution in [-0.4, -0.2) is 50.5 Å². The number of carbonyl (C=O) groups is 3. The summed E-state index contributed by atoms with van der Waals surface area (Å²) >= 11 is 0. The third kappa shape index (κ3) is 8.73. The molecule has 10 atom stereocenters. The van der Waals surface area contributed by atoms with Crippen LogP contribution < -0.4 is 0 Å². The predicted octanol–water partition coefficient (Wildman–Crippen LogP) is 9.35. The van der Waals surface area contributed by atoms with E-state index in [1.807, 2.05) is 20.8 Å². The maximum Gasteiger partial charge on any atom is 0.310 e. The molecule has 12 heteroatoms. The lowest BCUT2D eigenvalue weighted by Crippen LogP contribution is -2.54. The molecule has 6 rings (SSSR count). The van der Waals surface area contributed by atoms with Crippen LogP contribution in [0.25, 0.3) is 11.0 Å². The first-order valence-electron chi connectivity index (χ1n) is 20.7. The minimum Gasteiger partial charge on any atom is -0.462 e. The van der Waals surface area contributed by atoms with Crippen LogP contribution in [0.1, 0.15) is 145 Å². The summed E-state index contributed by atoms with van der Waals surface area (Å²) in [4.78, 5) is 50.6. The van der Waals surface area contributed by atoms with Crippen molar-refractivity contribution in [1.29, 1.82) is 0 Å². The van der Waals surface area contributed by atoms with E-state index in [4.69, 9.17) is 18.8 Å². The Hall–Kier alpha value is -3.57. The van der Waals surface area contributed by atoms with Gasteiger partial charge in [0.1, 0.15) is 22.8 Å². The van der Waals surface area contributed by atoms with Crippen LogP contribution in [0.5, 0.6) is 0 Å². The number of nitro benzene ring substituents is 1. The van der Waals surface area contributed by atoms with E-state index in [2.05, 4.69) is 31.1 Å². The summed E-state index contributed by atoms with van der Waals surface area (Å²) in [5, 5.41) is 19.2. The van der Waals surface area contributed by atoms with Crippen molar-refractivity contribution in [2.24, 2.45) is 52.3 Å². The maximum atomic E-state index is 14.0. The number of nitrogens with zero attached hydrogens (tertiary/aromatic N) is 3. The third-order valence-corrected chi connectivity index (χ3v) is 14.2. The van der Waals surface area contributed by atoms with Gasteiger partial charge in [-0.15, -0.1) is 0 Å². The number of fused-ring (bicyclic) bond motifs is 6. The van der Waals surface area contributed by atoms with Crippen molar-refractivity contribution in [3.8, 4) is 0 Å². The van der Waals surface area contributed by atoms with Crippen LogP contribution in [0.15, 0.2) is 16.8 Å². The van der Waals surface area contributed by atoms with Crippen molar-refractivity contribution < 1.29 is 38.1 Å². The predicted molar refractivity (Wildman–Crippen MR) is 205 cm³/mol. The molecule has 0 aliphatic heterocycles. The summed E-state index contributed by atoms with van der Waals surface area (Å²) in [5.74, 6) is 1.65. The molecular formula is C43H63N3O9. The normalized spacial score (nSPS) is 31.7. The summed E-state index contributed by atoms with van der Waals surface area (Å²) < 4.78 is 22.4. The van der Waals surface area contributed by atoms with Gasteiger partial charge in [0.05, 0.1) is 17.3 Å². The van der Waals surface area contributed by atoms with Crippen LogP contribution >= 0.6 is 0 Å². The first-order valence-corrected chi connectivity index (χ1v) is 20.7. The fourth-order valence-electron chi connectivity index (χ4n) is 11.8. The van der Waals surface area contributed by atoms with E-state index in [1.54, 1.807) is 20.8 Å². The Balaban J connectivity index is 1.10. The number of esters is 3. The van der Waals surface area contributed by atoms with Crippen LogP contribution in [-0.2, 0) is 35.0 Å². The molecule has 0 bridgehead atoms. The van der Waals surface area contributed by atoms with E-state index in [0.29, 0.717) is 52.9 Å². The zero-order valence-electron chi connectivity index (χ0n) is 34.5. The molecule has 1 aromatic carbocycles. The molecule has 0 spiro atoms. The Labute approximate surface area is 325 Å². The number of hydrogen-bond donors (Lipinski definition) is 0. The largest absolute Gasteiger partial charge is 0.462 e. The van der Waals surface area contributed by atoms with Crippen LogP contribution in [0.3, 0.4) is 0 Å². The summed E-state index contributed by atoms with van der Waals surface area (Å²) in [6.45, 7) is 18.5. The first kappa shape index (κ1) is 41.1. The summed E-state index contributed by atoms with van der Waals surface area (Å²) in [6.07, 6.45) is 10.9. The van der Waals surface area contributed by atoms with Gasteiger partial charge in [-0.05, 0) is 180 Å². The molecule has 2 aromatic rings. The van der Waals surface area contributed by atoms with E-state index < -0.39 is 34.0 Å². The minimum atomic E-state index is -0.877. The second kappa shape index (κ2) is 15.4. The lowest BCUT2D eigenvalue weighted by Gasteiger charge is -2.61. The fourth-order valence-corrected chi connectivity index (χ4v) is 11.8. The molecule has 304 valence electrons. The molecule has 4 saturated carbocycles. The van der Waals surface area contributed by atoms with Gasteiger partial charge in [-0.1, -0.05) is 20.8 Å². The van der Waals surface area contributed by atoms with Gasteiger partial charge >= 0.3 is 23.6 Å². The topological polar surface area (TPSA) is 161 Å². The molecule has 4 aliphatic rings. The molecule has 4 aliphatic carbocycles. The average molecular weight is 766 g/mol. The Morgan fingerprint density at radius 1 is 0.891 bits per heavy atom. The molecule has 0 N–H and O–H groups in total. The highest BCUT2D eigenvalue weighted by Gasteiger charge is 2.61. The lowest BCUT2D eigenvalue weighted by molar-refractivity contribution is -0.383. The van der Waals surface area contributed by atoms with Crippen molar-refractivity contribution in [3.05, 3.63) is 27.8 Å². The quantitative estimate of drug-likeness (QED) is 0.0928. The van der Waals surface area contributed by atoms with Crippen molar-refractivity contribution in [2.75, 3.05) is 0 Å². The number of non-ortho nitro benzene ring substituents is 1. The SMILES string of the molecule is C[C@H](CCC(=O)OC(C)(C)C)C1CC[C@H]2[C@@H]3CC[C@@H]4C[C@@H](OC(=O)[C@H](CC(=O)OC(C)(C)C)Cc5ccc([N+](=O)[O-])c6nonc56)CC[C@]4(C)[C@H]3CC[C@]12C. The van der Waals surface area contributed by atoms with E-state index in [0.717, 1.165) is 32.1 Å². The highest BCUT2D eigenvalue weighted by molar-refractivity contribution is 5.87. The van der Waals surface area contributed by atoms with E-state index in [9.17, 15) is 24.5 Å². The molecule has 0 amide bonds. The lowest BCUT2D eigenvalue weighted by atomic mass is 9.44. The minimum absolute atomic E-state index is 0.00193. The van der Waals surface area contributed by atoms with Gasteiger partial charge in [0, 0.05) is 12.5 Å². The number of ether oxygens (including phenoxy) is 3. The van der Waals surface area contributed by atoms with Gasteiger partial charge in [-0.2, -0.15) is 0 Å². The van der Waals surface area contributed by atoms with Gasteiger partial charge in [0.2, 0.25) is 5.52 Å². The number of benzene rings is 1. The average Bonchev–Trinajstić information content (AvgIpc) is 3.70. The molecule has 0 saturated heterocycles. The molecule has 12 nitrogen and oxygen atoms in total. The van der Waals surface area contributed by atoms with Gasteiger partial charge in [-0.3, -0.25) is 24.5 Å². The first-order chi connectivity index (χ1) is 25.7. The Morgan fingerprint density at radius 2 is 1.55 bits per heavy atom. The Kier molecular flexibility index (Phi) is 11.5. The van der Waals surface area contributed by atoms with Crippen LogP contribution in [0, 0.1) is 62.4 Å². The van der Waals surface area contributed by atoms with Gasteiger partial charge in [0.15, 0.2) is 0 Å². The Morgan fingerprint density at radius 3 is 2.24 bits per heavy atom. The molecule has 0 radical (unpaired) electrons.